The number of carbonyl (C=O) groups is 1. The zero-order valence-electron chi connectivity index (χ0n) is 19.9. The van der Waals surface area contributed by atoms with Gasteiger partial charge in [-0.15, -0.1) is 17.9 Å². The van der Waals surface area contributed by atoms with E-state index >= 15 is 0 Å². The highest BCUT2D eigenvalue weighted by Gasteiger charge is 2.20. The van der Waals surface area contributed by atoms with Crippen molar-refractivity contribution in [2.24, 2.45) is 0 Å². The smallest absolute Gasteiger partial charge is 0.253 e. The van der Waals surface area contributed by atoms with Crippen molar-refractivity contribution >= 4 is 40.4 Å². The van der Waals surface area contributed by atoms with Crippen molar-refractivity contribution in [2.75, 3.05) is 13.7 Å². The highest BCUT2D eigenvalue weighted by Crippen LogP contribution is 2.30. The van der Waals surface area contributed by atoms with E-state index in [1.807, 2.05) is 42.6 Å². The monoisotopic (exact) mass is 541 g/mol. The Morgan fingerprint density at radius 1 is 1.14 bits per heavy atom. The molecule has 0 saturated heterocycles. The van der Waals surface area contributed by atoms with E-state index in [0.717, 1.165) is 33.4 Å². The van der Waals surface area contributed by atoms with Crippen LogP contribution in [0.4, 0.5) is 0 Å². The van der Waals surface area contributed by atoms with Gasteiger partial charge in [-0.25, -0.2) is 4.98 Å². The lowest BCUT2D eigenvalue weighted by molar-refractivity contribution is 0.0957. The lowest BCUT2D eigenvalue weighted by Gasteiger charge is -2.12. The zero-order valence-corrected chi connectivity index (χ0v) is 22.2. The lowest BCUT2D eigenvalue weighted by atomic mass is 10.2. The maximum absolute atomic E-state index is 12.8. The second-order valence-electron chi connectivity index (χ2n) is 7.98. The second-order valence-corrected chi connectivity index (χ2v) is 9.80. The summed E-state index contributed by atoms with van der Waals surface area (Å²) in [5.74, 6) is 1.21. The van der Waals surface area contributed by atoms with Gasteiger partial charge in [-0.05, 0) is 48.9 Å². The first-order valence-corrected chi connectivity index (χ1v) is 12.8. The quantitative estimate of drug-likeness (QED) is 0.225. The van der Waals surface area contributed by atoms with Gasteiger partial charge in [-0.2, -0.15) is 0 Å². The van der Waals surface area contributed by atoms with Gasteiger partial charge in [0.05, 0.1) is 24.1 Å². The van der Waals surface area contributed by atoms with Gasteiger partial charge in [0.25, 0.3) is 5.91 Å². The second kappa shape index (κ2) is 11.6. The van der Waals surface area contributed by atoms with E-state index in [2.05, 4.69) is 16.5 Å². The Kier molecular flexibility index (Phi) is 8.36. The number of carbonyl (C=O) groups excluding carboxylic acids is 1. The van der Waals surface area contributed by atoms with Crippen LogP contribution in [0.1, 0.15) is 26.6 Å². The van der Waals surface area contributed by atoms with Crippen molar-refractivity contribution in [3.8, 4) is 22.9 Å². The minimum Gasteiger partial charge on any atom is -0.497 e. The summed E-state index contributed by atoms with van der Waals surface area (Å²) >= 11 is 13.6. The molecule has 0 fully saturated rings. The molecule has 1 N–H and O–H groups in total. The number of rotatable bonds is 10. The van der Waals surface area contributed by atoms with Gasteiger partial charge in [-0.1, -0.05) is 41.4 Å². The van der Waals surface area contributed by atoms with E-state index in [1.54, 1.807) is 31.4 Å². The van der Waals surface area contributed by atoms with Crippen LogP contribution < -0.4 is 14.8 Å². The Morgan fingerprint density at radius 2 is 1.86 bits per heavy atom. The highest BCUT2D eigenvalue weighted by atomic mass is 35.5. The van der Waals surface area contributed by atoms with Crippen LogP contribution in [-0.2, 0) is 13.2 Å². The molecule has 186 valence electrons. The molecule has 0 atom stereocenters. The summed E-state index contributed by atoms with van der Waals surface area (Å²) in [6.45, 7) is 6.85. The van der Waals surface area contributed by atoms with Crippen molar-refractivity contribution in [3.05, 3.63) is 98.4 Å². The van der Waals surface area contributed by atoms with Crippen LogP contribution in [-0.4, -0.2) is 29.1 Å². The average molecular weight is 542 g/mol. The molecular weight excluding hydrogens is 517 g/mol. The van der Waals surface area contributed by atoms with Gasteiger partial charge in [0.2, 0.25) is 0 Å². The molecule has 4 aromatic rings. The van der Waals surface area contributed by atoms with E-state index in [0.29, 0.717) is 34.4 Å². The number of halogens is 2. The average Bonchev–Trinajstić information content (AvgIpc) is 3.46. The predicted octanol–water partition coefficient (Wildman–Crippen LogP) is 6.78. The molecule has 6 nitrogen and oxygen atoms in total. The molecule has 0 unspecified atom stereocenters. The fraction of sp³-hybridized carbons (Fsp3) is 0.185. The van der Waals surface area contributed by atoms with Crippen LogP contribution in [0, 0.1) is 6.92 Å². The molecule has 2 heterocycles. The Balaban J connectivity index is 1.63. The third kappa shape index (κ3) is 6.10. The van der Waals surface area contributed by atoms with Crippen molar-refractivity contribution < 1.29 is 14.3 Å². The van der Waals surface area contributed by atoms with Gasteiger partial charge in [0.1, 0.15) is 23.1 Å². The number of thiazole rings is 1. The Labute approximate surface area is 224 Å². The van der Waals surface area contributed by atoms with Gasteiger partial charge in [0.15, 0.2) is 0 Å². The van der Waals surface area contributed by atoms with Gasteiger partial charge < -0.3 is 19.4 Å². The normalized spacial score (nSPS) is 10.8. The Bertz CT molecular complexity index is 1360. The molecule has 1 amide bonds. The van der Waals surface area contributed by atoms with E-state index in [4.69, 9.17) is 37.7 Å². The molecule has 0 aliphatic rings. The number of aromatic nitrogens is 2. The molecule has 0 radical (unpaired) electrons. The summed E-state index contributed by atoms with van der Waals surface area (Å²) in [7, 11) is 1.64. The standard InChI is InChI=1S/C27H25Cl2N3O3S/c1-4-9-30-27(33)23-13-25(32(17(23)2)14-18-5-7-21(34-3)8-6-18)24-16-36-26(31-24)15-35-22-11-19(28)10-20(29)12-22/h4-8,10-13,16H,1,9,14-15H2,2-3H3,(H,30,33). The molecule has 0 aliphatic heterocycles. The summed E-state index contributed by atoms with van der Waals surface area (Å²) in [6, 6.07) is 14.8. The van der Waals surface area contributed by atoms with Crippen molar-refractivity contribution in [3.63, 3.8) is 0 Å². The highest BCUT2D eigenvalue weighted by molar-refractivity contribution is 7.09. The van der Waals surface area contributed by atoms with Crippen molar-refractivity contribution in [2.45, 2.75) is 20.1 Å². The van der Waals surface area contributed by atoms with Gasteiger partial charge in [-0.3, -0.25) is 4.79 Å². The molecule has 0 aliphatic carbocycles. The minimum atomic E-state index is -0.154. The minimum absolute atomic E-state index is 0.154. The van der Waals surface area contributed by atoms with Crippen LogP contribution in [0.2, 0.25) is 10.0 Å². The summed E-state index contributed by atoms with van der Waals surface area (Å²) < 4.78 is 13.2. The summed E-state index contributed by atoms with van der Waals surface area (Å²) in [6.07, 6.45) is 1.66. The lowest BCUT2D eigenvalue weighted by Crippen LogP contribution is -2.23. The van der Waals surface area contributed by atoms with E-state index in [-0.39, 0.29) is 12.5 Å². The van der Waals surface area contributed by atoms with E-state index in [1.165, 1.54) is 11.3 Å². The Morgan fingerprint density at radius 3 is 2.53 bits per heavy atom. The first kappa shape index (κ1) is 25.8. The van der Waals surface area contributed by atoms with Crippen LogP contribution in [0.3, 0.4) is 0 Å². The zero-order chi connectivity index (χ0) is 25.7. The molecule has 9 heteroatoms. The molecule has 0 saturated carbocycles. The van der Waals surface area contributed by atoms with Crippen LogP contribution in [0.25, 0.3) is 11.4 Å². The first-order chi connectivity index (χ1) is 17.4. The topological polar surface area (TPSA) is 65.4 Å². The number of hydrogen-bond acceptors (Lipinski definition) is 5. The Hall–Kier alpha value is -3.26. The molecule has 2 aromatic carbocycles. The SMILES string of the molecule is C=CCNC(=O)c1cc(-c2csc(COc3cc(Cl)cc(Cl)c3)n2)n(Cc2ccc(OC)cc2)c1C. The third-order valence-electron chi connectivity index (χ3n) is 5.53. The molecule has 0 bridgehead atoms. The fourth-order valence-corrected chi connectivity index (χ4v) is 4.92. The van der Waals surface area contributed by atoms with Gasteiger partial charge >= 0.3 is 0 Å². The molecule has 36 heavy (non-hydrogen) atoms. The van der Waals surface area contributed by atoms with E-state index in [9.17, 15) is 4.79 Å². The fourth-order valence-electron chi connectivity index (χ4n) is 3.72. The molecular formula is C27H25Cl2N3O3S. The molecule has 0 spiro atoms. The number of ether oxygens (including phenoxy) is 2. The van der Waals surface area contributed by atoms with Crippen molar-refractivity contribution in [1.82, 2.24) is 14.9 Å². The maximum atomic E-state index is 12.8. The number of hydrogen-bond donors (Lipinski definition) is 1. The maximum Gasteiger partial charge on any atom is 0.253 e. The number of nitrogens with one attached hydrogen (secondary N) is 1. The molecule has 4 rings (SSSR count). The predicted molar refractivity (Wildman–Crippen MR) is 146 cm³/mol. The van der Waals surface area contributed by atoms with Crippen LogP contribution in [0.5, 0.6) is 11.5 Å². The van der Waals surface area contributed by atoms with Crippen LogP contribution >= 0.6 is 34.5 Å². The molecule has 2 aromatic heterocycles. The largest absolute Gasteiger partial charge is 0.497 e. The number of benzene rings is 2. The summed E-state index contributed by atoms with van der Waals surface area (Å²) in [5, 5.41) is 6.63. The summed E-state index contributed by atoms with van der Waals surface area (Å²) in [4.78, 5) is 17.6. The number of methoxy groups -OCH3 is 1. The van der Waals surface area contributed by atoms with Crippen molar-refractivity contribution in [1.29, 1.82) is 0 Å². The number of amides is 1. The summed E-state index contributed by atoms with van der Waals surface area (Å²) in [5.41, 5.74) is 4.13. The van der Waals surface area contributed by atoms with Crippen LogP contribution in [0.15, 0.2) is 66.6 Å². The van der Waals surface area contributed by atoms with E-state index < -0.39 is 0 Å². The third-order valence-corrected chi connectivity index (χ3v) is 6.79. The number of nitrogens with zero attached hydrogens (tertiary/aromatic N) is 2. The van der Waals surface area contributed by atoms with Gasteiger partial charge in [0, 0.05) is 34.2 Å². The first-order valence-electron chi connectivity index (χ1n) is 11.1.